The molecule has 1 fully saturated rings. The van der Waals surface area contributed by atoms with Gasteiger partial charge in [-0.15, -0.1) is 0 Å². The molecular weight excluding hydrogens is 607 g/mol. The van der Waals surface area contributed by atoms with Crippen LogP contribution in [-0.2, 0) is 34.5 Å². The fraction of sp³-hybridized carbons (Fsp3) is 0.355. The monoisotopic (exact) mass is 646 g/mol. The van der Waals surface area contributed by atoms with Gasteiger partial charge in [-0.1, -0.05) is 68.0 Å². The number of nitrogens with two attached hydrogens (primary N) is 2. The minimum atomic E-state index is -5.28. The molecule has 7 N–H and O–H groups in total. The molecule has 13 nitrogen and oxygen atoms in total. The van der Waals surface area contributed by atoms with Crippen molar-refractivity contribution < 1.29 is 52.5 Å². The van der Waals surface area contributed by atoms with Crippen LogP contribution >= 0.6 is 7.82 Å². The zero-order valence-electron chi connectivity index (χ0n) is 24.7. The van der Waals surface area contributed by atoms with E-state index in [1.807, 2.05) is 12.2 Å². The second-order valence-corrected chi connectivity index (χ2v) is 11.1. The van der Waals surface area contributed by atoms with E-state index in [1.54, 1.807) is 42.5 Å². The molecule has 0 aromatic heterocycles. The lowest BCUT2D eigenvalue weighted by molar-refractivity contribution is -0.274. The minimum Gasteiger partial charge on any atom is -0.461 e. The summed E-state index contributed by atoms with van der Waals surface area (Å²) in [6.07, 6.45) is 3.89. The number of hydrogen-bond acceptors (Lipinski definition) is 11. The average Bonchev–Trinajstić information content (AvgIpc) is 2.99. The number of nitrogen functional groups attached to an aromatic ring is 1. The largest absolute Gasteiger partial charge is 0.470 e. The number of carbonyl (C=O) groups is 2. The van der Waals surface area contributed by atoms with Crippen LogP contribution in [0.3, 0.4) is 0 Å². The number of phosphoric ester groups is 1. The third-order valence-corrected chi connectivity index (χ3v) is 6.97. The Hall–Kier alpha value is -3.81. The van der Waals surface area contributed by atoms with Gasteiger partial charge in [0.15, 0.2) is 6.10 Å². The number of anilines is 1. The quantitative estimate of drug-likeness (QED) is 0.0620. The van der Waals surface area contributed by atoms with Gasteiger partial charge in [-0.25, -0.2) is 14.2 Å². The maximum Gasteiger partial charge on any atom is 0.470 e. The van der Waals surface area contributed by atoms with Gasteiger partial charge in [0.2, 0.25) is 6.29 Å². The third-order valence-electron chi connectivity index (χ3n) is 6.46. The number of benzene rings is 2. The topological polar surface area (TPSA) is 210 Å². The molecule has 0 radical (unpaired) electrons. The number of aliphatic hydroxyl groups is 1. The molecule has 0 spiro atoms. The molecule has 1 saturated heterocycles. The molecule has 5 atom stereocenters. The molecule has 3 rings (SSSR count). The van der Waals surface area contributed by atoms with Gasteiger partial charge >= 0.3 is 19.8 Å². The standard InChI is InChI=1S/C31H39N2O11P/c1-2-3-4-5-6-7-8-13-26(34)40-20-25-27(35)28(44-45(37,38)39)29(43-30(36)23-11-9-10-12-24(23)33)31(42-25)41-22-16-14-21(15-17-22)18-19-32/h4-17,25,27-29,31,35H,2-3,18-20,32-33H2,1H3,(H2,37,38,39)/b5-4+,7-6-,13-8+/t25-,27-,28+,29-,31-/m1/s1. The lowest BCUT2D eigenvalue weighted by Gasteiger charge is -2.43. The van der Waals surface area contributed by atoms with Crippen molar-refractivity contribution in [1.29, 1.82) is 0 Å². The summed E-state index contributed by atoms with van der Waals surface area (Å²) in [6, 6.07) is 12.7. The van der Waals surface area contributed by atoms with Crippen LogP contribution in [-0.4, -0.2) is 70.7 Å². The van der Waals surface area contributed by atoms with Crippen LogP contribution in [0, 0.1) is 0 Å². The first-order valence-electron chi connectivity index (χ1n) is 14.3. The summed E-state index contributed by atoms with van der Waals surface area (Å²) in [7, 11) is -5.28. The van der Waals surface area contributed by atoms with E-state index < -0.39 is 57.1 Å². The van der Waals surface area contributed by atoms with Crippen molar-refractivity contribution in [3.8, 4) is 5.75 Å². The van der Waals surface area contributed by atoms with Crippen molar-refractivity contribution in [2.75, 3.05) is 18.9 Å². The SMILES string of the molecule is CCC/C=C/C=C\C=C\C(=O)OC[C@H]1O[C@@H](Oc2ccc(CCN)cc2)[C@H](OC(=O)c2ccccc2N)[C@@H](OP(=O)(O)O)[C@@H]1O. The first kappa shape index (κ1) is 35.7. The van der Waals surface area contributed by atoms with E-state index in [0.29, 0.717) is 13.0 Å². The number of allylic oxidation sites excluding steroid dienone is 5. The van der Waals surface area contributed by atoms with Crippen LogP contribution in [0.15, 0.2) is 85.0 Å². The highest BCUT2D eigenvalue weighted by molar-refractivity contribution is 7.46. The Kier molecular flexibility index (Phi) is 14.0. The number of phosphoric acid groups is 1. The summed E-state index contributed by atoms with van der Waals surface area (Å²) in [5.74, 6) is -1.54. The summed E-state index contributed by atoms with van der Waals surface area (Å²) in [5.41, 5.74) is 12.5. The van der Waals surface area contributed by atoms with E-state index in [4.69, 9.17) is 34.9 Å². The van der Waals surface area contributed by atoms with Crippen LogP contribution < -0.4 is 16.2 Å². The van der Waals surface area contributed by atoms with E-state index in [9.17, 15) is 29.0 Å². The Morgan fingerprint density at radius 2 is 1.73 bits per heavy atom. The Morgan fingerprint density at radius 3 is 2.40 bits per heavy atom. The Bertz CT molecular complexity index is 1390. The van der Waals surface area contributed by atoms with Crippen LogP contribution in [0.4, 0.5) is 5.69 Å². The number of unbranched alkanes of at least 4 members (excludes halogenated alkanes) is 1. The molecule has 1 aliphatic heterocycles. The lowest BCUT2D eigenvalue weighted by Crippen LogP contribution is -2.62. The number of ether oxygens (including phenoxy) is 4. The Balaban J connectivity index is 1.86. The molecule has 1 heterocycles. The average molecular weight is 647 g/mol. The van der Waals surface area contributed by atoms with Crippen LogP contribution in [0.1, 0.15) is 35.7 Å². The van der Waals surface area contributed by atoms with Crippen LogP contribution in [0.2, 0.25) is 0 Å². The van der Waals surface area contributed by atoms with Gasteiger partial charge in [0.1, 0.15) is 30.7 Å². The van der Waals surface area contributed by atoms with Gasteiger partial charge in [-0.2, -0.15) is 0 Å². The smallest absolute Gasteiger partial charge is 0.461 e. The number of carbonyl (C=O) groups excluding carboxylic acids is 2. The van der Waals surface area contributed by atoms with Gasteiger partial charge in [-0.3, -0.25) is 4.52 Å². The Morgan fingerprint density at radius 1 is 1.02 bits per heavy atom. The number of aliphatic hydroxyl groups excluding tert-OH is 1. The molecule has 2 aromatic rings. The van der Waals surface area contributed by atoms with Gasteiger partial charge < -0.3 is 45.3 Å². The summed E-state index contributed by atoms with van der Waals surface area (Å²) in [5, 5.41) is 11.1. The lowest BCUT2D eigenvalue weighted by atomic mass is 9.99. The number of esters is 2. The van der Waals surface area contributed by atoms with Crippen molar-refractivity contribution in [1.82, 2.24) is 0 Å². The molecule has 244 valence electrons. The summed E-state index contributed by atoms with van der Waals surface area (Å²) < 4.78 is 39.5. The number of para-hydroxylation sites is 1. The third kappa shape index (κ3) is 11.6. The van der Waals surface area contributed by atoms with E-state index >= 15 is 0 Å². The van der Waals surface area contributed by atoms with E-state index in [2.05, 4.69) is 6.92 Å². The van der Waals surface area contributed by atoms with Gasteiger partial charge in [0.05, 0.1) is 5.56 Å². The van der Waals surface area contributed by atoms with Crippen molar-refractivity contribution in [3.63, 3.8) is 0 Å². The van der Waals surface area contributed by atoms with Gasteiger partial charge in [-0.05, 0) is 49.2 Å². The second-order valence-electron chi connectivity index (χ2n) is 9.94. The first-order chi connectivity index (χ1) is 21.5. The fourth-order valence-corrected chi connectivity index (χ4v) is 4.81. The highest BCUT2D eigenvalue weighted by Crippen LogP contribution is 2.42. The molecule has 0 saturated carbocycles. The molecule has 45 heavy (non-hydrogen) atoms. The molecule has 0 bridgehead atoms. The predicted octanol–water partition coefficient (Wildman–Crippen LogP) is 2.95. The number of rotatable bonds is 15. The van der Waals surface area contributed by atoms with Gasteiger partial charge in [0, 0.05) is 11.8 Å². The fourth-order valence-electron chi connectivity index (χ4n) is 4.25. The normalized spacial score (nSPS) is 22.2. The zero-order chi connectivity index (χ0) is 32.8. The van der Waals surface area contributed by atoms with Crippen molar-refractivity contribution >= 4 is 25.4 Å². The molecular formula is C31H39N2O11P. The van der Waals surface area contributed by atoms with Crippen molar-refractivity contribution in [3.05, 3.63) is 96.1 Å². The van der Waals surface area contributed by atoms with Crippen LogP contribution in [0.5, 0.6) is 5.75 Å². The predicted molar refractivity (Wildman–Crippen MR) is 165 cm³/mol. The maximum absolute atomic E-state index is 13.1. The van der Waals surface area contributed by atoms with Crippen molar-refractivity contribution in [2.45, 2.75) is 56.9 Å². The minimum absolute atomic E-state index is 0.0513. The van der Waals surface area contributed by atoms with E-state index in [1.165, 1.54) is 24.3 Å². The van der Waals surface area contributed by atoms with E-state index in [0.717, 1.165) is 24.5 Å². The van der Waals surface area contributed by atoms with Gasteiger partial charge in [0.25, 0.3) is 0 Å². The molecule has 0 aliphatic carbocycles. The summed E-state index contributed by atoms with van der Waals surface area (Å²) in [4.78, 5) is 44.8. The Labute approximate surface area is 261 Å². The van der Waals surface area contributed by atoms with E-state index in [-0.39, 0.29) is 17.0 Å². The number of hydrogen-bond donors (Lipinski definition) is 5. The second kappa shape index (κ2) is 17.6. The maximum atomic E-state index is 13.1. The highest BCUT2D eigenvalue weighted by Gasteiger charge is 2.52. The molecule has 14 heteroatoms. The molecule has 1 aliphatic rings. The molecule has 2 aromatic carbocycles. The molecule has 0 amide bonds. The summed E-state index contributed by atoms with van der Waals surface area (Å²) >= 11 is 0. The van der Waals surface area contributed by atoms with Crippen LogP contribution in [0.25, 0.3) is 0 Å². The first-order valence-corrected chi connectivity index (χ1v) is 15.8. The molecule has 0 unspecified atom stereocenters. The zero-order valence-corrected chi connectivity index (χ0v) is 25.6. The summed E-state index contributed by atoms with van der Waals surface area (Å²) in [6.45, 7) is 1.92. The highest BCUT2D eigenvalue weighted by atomic mass is 31.2. The van der Waals surface area contributed by atoms with Crippen molar-refractivity contribution in [2.24, 2.45) is 5.73 Å².